The summed E-state index contributed by atoms with van der Waals surface area (Å²) in [7, 11) is 0. The number of unbranched alkanes of at least 4 members (excludes halogenated alkanes) is 1. The van der Waals surface area contributed by atoms with Crippen LogP contribution in [-0.2, 0) is 9.59 Å². The van der Waals surface area contributed by atoms with Gasteiger partial charge in [0.1, 0.15) is 29.0 Å². The quantitative estimate of drug-likeness (QED) is 0.189. The summed E-state index contributed by atoms with van der Waals surface area (Å²) in [5, 5.41) is 0. The van der Waals surface area contributed by atoms with Gasteiger partial charge in [0.2, 0.25) is 5.91 Å². The van der Waals surface area contributed by atoms with E-state index in [0.717, 1.165) is 42.6 Å². The molecule has 4 nitrogen and oxygen atoms in total. The van der Waals surface area contributed by atoms with E-state index in [-0.39, 0.29) is 41.6 Å². The summed E-state index contributed by atoms with van der Waals surface area (Å²) in [6.07, 6.45) is 4.45. The van der Waals surface area contributed by atoms with Crippen molar-refractivity contribution >= 4 is 11.7 Å². The van der Waals surface area contributed by atoms with Crippen molar-refractivity contribution in [2.24, 2.45) is 0 Å². The summed E-state index contributed by atoms with van der Waals surface area (Å²) in [5.41, 5.74) is 1.93. The van der Waals surface area contributed by atoms with E-state index < -0.39 is 0 Å². The minimum Gasteiger partial charge on any atom is -0.494 e. The van der Waals surface area contributed by atoms with Gasteiger partial charge in [0.05, 0.1) is 13.2 Å². The van der Waals surface area contributed by atoms with Crippen molar-refractivity contribution in [3.63, 3.8) is 0 Å². The molecule has 0 radical (unpaired) electrons. The number of carbonyl (C=O) groups is 2. The first kappa shape index (κ1) is 32.6. The highest BCUT2D eigenvalue weighted by atomic mass is 19.1. The number of halogens is 3. The van der Waals surface area contributed by atoms with E-state index in [4.69, 9.17) is 4.74 Å². The molecule has 0 aliphatic carbocycles. The summed E-state index contributed by atoms with van der Waals surface area (Å²) in [5.74, 6) is -0.0867. The van der Waals surface area contributed by atoms with Crippen LogP contribution in [0.15, 0.2) is 72.8 Å². The van der Waals surface area contributed by atoms with Crippen molar-refractivity contribution in [1.82, 2.24) is 4.90 Å². The highest BCUT2D eigenvalue weighted by Gasteiger charge is 2.17. The second-order valence-electron chi connectivity index (χ2n) is 9.72. The van der Waals surface area contributed by atoms with Gasteiger partial charge in [-0.05, 0) is 92.3 Å². The Labute approximate surface area is 236 Å². The van der Waals surface area contributed by atoms with Crippen LogP contribution in [-0.4, -0.2) is 36.3 Å². The Morgan fingerprint density at radius 3 is 1.70 bits per heavy atom. The van der Waals surface area contributed by atoms with Crippen molar-refractivity contribution in [1.29, 1.82) is 0 Å². The lowest BCUT2D eigenvalue weighted by Gasteiger charge is -2.21. The van der Waals surface area contributed by atoms with E-state index in [0.29, 0.717) is 26.0 Å². The van der Waals surface area contributed by atoms with E-state index in [2.05, 4.69) is 0 Å². The lowest BCUT2D eigenvalue weighted by molar-refractivity contribution is -0.135. The molecular weight excluding hydrogens is 515 g/mol. The molecule has 1 amide bonds. The smallest absolute Gasteiger partial charge is 0.222 e. The topological polar surface area (TPSA) is 46.6 Å². The van der Waals surface area contributed by atoms with E-state index in [1.807, 2.05) is 13.8 Å². The van der Waals surface area contributed by atoms with Crippen LogP contribution in [0.3, 0.4) is 0 Å². The standard InChI is InChI=1S/C24H29F2NO2.C9H11FO/c1-3-16-27(17-18(2)28)24(29)7-5-4-6-23(19-8-12-21(25)13-9-19)20-10-14-22(26)15-11-20;1-2-7-11-9-5-3-8(10)4-6-9/h8-15,23H,3-7,16-17H2,1-2H3;3-6H,2,7H2,1H3. The number of ketones is 1. The zero-order valence-corrected chi connectivity index (χ0v) is 23.7. The van der Waals surface area contributed by atoms with Crippen molar-refractivity contribution in [2.45, 2.75) is 65.2 Å². The summed E-state index contributed by atoms with van der Waals surface area (Å²) >= 11 is 0. The summed E-state index contributed by atoms with van der Waals surface area (Å²) < 4.78 is 44.2. The normalized spacial score (nSPS) is 10.6. The minimum absolute atomic E-state index is 0.00200. The van der Waals surface area contributed by atoms with Gasteiger partial charge in [0, 0.05) is 18.9 Å². The molecule has 0 unspecified atom stereocenters. The minimum atomic E-state index is -0.293. The molecule has 0 bridgehead atoms. The maximum Gasteiger partial charge on any atom is 0.222 e. The molecule has 7 heteroatoms. The first-order chi connectivity index (χ1) is 19.2. The molecule has 0 saturated heterocycles. The number of Topliss-reactive ketones (excluding diaryl/α,β-unsaturated/α-hetero) is 1. The number of benzene rings is 3. The van der Waals surface area contributed by atoms with Gasteiger partial charge >= 0.3 is 0 Å². The highest BCUT2D eigenvalue weighted by Crippen LogP contribution is 2.30. The Morgan fingerprint density at radius 2 is 1.25 bits per heavy atom. The molecule has 3 aromatic carbocycles. The maximum absolute atomic E-state index is 13.3. The van der Waals surface area contributed by atoms with Crippen LogP contribution in [0.1, 0.15) is 76.3 Å². The Hall–Kier alpha value is -3.61. The number of rotatable bonds is 14. The van der Waals surface area contributed by atoms with Crippen LogP contribution in [0.2, 0.25) is 0 Å². The number of ether oxygens (including phenoxy) is 1. The molecule has 0 aliphatic heterocycles. The third kappa shape index (κ3) is 12.1. The molecule has 216 valence electrons. The third-order valence-corrected chi connectivity index (χ3v) is 6.22. The van der Waals surface area contributed by atoms with E-state index >= 15 is 0 Å². The van der Waals surface area contributed by atoms with E-state index in [9.17, 15) is 22.8 Å². The molecule has 40 heavy (non-hydrogen) atoms. The van der Waals surface area contributed by atoms with Crippen LogP contribution < -0.4 is 4.74 Å². The molecule has 0 saturated carbocycles. The number of carbonyl (C=O) groups excluding carboxylic acids is 2. The van der Waals surface area contributed by atoms with E-state index in [1.54, 1.807) is 41.3 Å². The molecule has 0 N–H and O–H groups in total. The van der Waals surface area contributed by atoms with Crippen LogP contribution in [0.4, 0.5) is 13.2 Å². The van der Waals surface area contributed by atoms with E-state index in [1.165, 1.54) is 43.3 Å². The number of nitrogens with zero attached hydrogens (tertiary/aromatic N) is 1. The molecule has 0 spiro atoms. The second-order valence-corrected chi connectivity index (χ2v) is 9.72. The maximum atomic E-state index is 13.3. The van der Waals surface area contributed by atoms with Gasteiger partial charge in [-0.3, -0.25) is 9.59 Å². The fourth-order valence-electron chi connectivity index (χ4n) is 4.28. The lowest BCUT2D eigenvalue weighted by Crippen LogP contribution is -2.35. The van der Waals surface area contributed by atoms with Gasteiger partial charge in [0.25, 0.3) is 0 Å². The first-order valence-electron chi connectivity index (χ1n) is 13.9. The zero-order valence-electron chi connectivity index (χ0n) is 23.7. The molecule has 0 fully saturated rings. The lowest BCUT2D eigenvalue weighted by atomic mass is 9.87. The van der Waals surface area contributed by atoms with Crippen molar-refractivity contribution < 1.29 is 27.5 Å². The Morgan fingerprint density at radius 1 is 0.750 bits per heavy atom. The van der Waals surface area contributed by atoms with Gasteiger partial charge in [-0.1, -0.05) is 44.5 Å². The van der Waals surface area contributed by atoms with Gasteiger partial charge in [-0.25, -0.2) is 13.2 Å². The van der Waals surface area contributed by atoms with Crippen molar-refractivity contribution in [2.75, 3.05) is 19.7 Å². The van der Waals surface area contributed by atoms with Gasteiger partial charge in [0.15, 0.2) is 0 Å². The van der Waals surface area contributed by atoms with Crippen molar-refractivity contribution in [3.8, 4) is 5.75 Å². The third-order valence-electron chi connectivity index (χ3n) is 6.22. The number of hydrogen-bond acceptors (Lipinski definition) is 3. The molecule has 0 heterocycles. The Kier molecular flexibility index (Phi) is 14.6. The number of hydrogen-bond donors (Lipinski definition) is 0. The summed E-state index contributed by atoms with van der Waals surface area (Å²) in [6.45, 7) is 6.95. The van der Waals surface area contributed by atoms with Crippen molar-refractivity contribution in [3.05, 3.63) is 101 Å². The SMILES string of the molecule is CCCN(CC(C)=O)C(=O)CCCCC(c1ccc(F)cc1)c1ccc(F)cc1.CCCOc1ccc(F)cc1. The average Bonchev–Trinajstić information content (AvgIpc) is 2.94. The Bertz CT molecular complexity index is 1100. The molecule has 0 aromatic heterocycles. The predicted molar refractivity (Wildman–Crippen MR) is 153 cm³/mol. The second kappa shape index (κ2) is 17.9. The predicted octanol–water partition coefficient (Wildman–Crippen LogP) is 8.10. The van der Waals surface area contributed by atoms with Crippen LogP contribution in [0.25, 0.3) is 0 Å². The van der Waals surface area contributed by atoms with Gasteiger partial charge in [-0.2, -0.15) is 0 Å². The molecule has 3 rings (SSSR count). The van der Waals surface area contributed by atoms with Gasteiger partial charge < -0.3 is 9.64 Å². The molecule has 0 aliphatic rings. The highest BCUT2D eigenvalue weighted by molar-refractivity contribution is 5.84. The first-order valence-corrected chi connectivity index (χ1v) is 13.9. The van der Waals surface area contributed by atoms with Gasteiger partial charge in [-0.15, -0.1) is 0 Å². The summed E-state index contributed by atoms with van der Waals surface area (Å²) in [6, 6.07) is 18.8. The fourth-order valence-corrected chi connectivity index (χ4v) is 4.28. The van der Waals surface area contributed by atoms with Crippen LogP contribution in [0, 0.1) is 17.5 Å². The Balaban J connectivity index is 0.000000425. The zero-order chi connectivity index (χ0) is 29.3. The number of amides is 1. The molecular formula is C33H40F3NO3. The van der Waals surface area contributed by atoms with Crippen LogP contribution >= 0.6 is 0 Å². The van der Waals surface area contributed by atoms with Crippen LogP contribution in [0.5, 0.6) is 5.75 Å². The average molecular weight is 556 g/mol. The monoisotopic (exact) mass is 555 g/mol. The molecule has 3 aromatic rings. The molecule has 0 atom stereocenters. The largest absolute Gasteiger partial charge is 0.494 e. The fraction of sp³-hybridized carbons (Fsp3) is 0.394. The summed E-state index contributed by atoms with van der Waals surface area (Å²) in [4.78, 5) is 25.4.